The zero-order valence-corrected chi connectivity index (χ0v) is 24.8. The van der Waals surface area contributed by atoms with Gasteiger partial charge in [0.1, 0.15) is 10.8 Å². The van der Waals surface area contributed by atoms with Gasteiger partial charge in [-0.3, -0.25) is 9.59 Å². The van der Waals surface area contributed by atoms with Gasteiger partial charge in [0, 0.05) is 31.7 Å². The molecule has 0 radical (unpaired) electrons. The quantitative estimate of drug-likeness (QED) is 0.245. The number of hydrogen-bond acceptors (Lipinski definition) is 9. The molecule has 1 atom stereocenters. The third kappa shape index (κ3) is 6.60. The summed E-state index contributed by atoms with van der Waals surface area (Å²) in [5.41, 5.74) is 0.610. The van der Waals surface area contributed by atoms with Crippen LogP contribution in [0.1, 0.15) is 51.4 Å². The van der Waals surface area contributed by atoms with Crippen LogP contribution in [0.4, 0.5) is 5.00 Å². The Balaban J connectivity index is 1.74. The number of thioether (sulfide) groups is 1. The Kier molecular flexibility index (Phi) is 10.0. The summed E-state index contributed by atoms with van der Waals surface area (Å²) < 4.78 is 12.7. The van der Waals surface area contributed by atoms with Crippen molar-refractivity contribution in [1.29, 1.82) is 0 Å². The fraction of sp³-hybridized carbons (Fsp3) is 0.375. The highest BCUT2D eigenvalue weighted by molar-refractivity contribution is 7.99. The summed E-state index contributed by atoms with van der Waals surface area (Å²) in [5.74, 6) is -0.324. The van der Waals surface area contributed by atoms with Crippen LogP contribution in [-0.2, 0) is 16.1 Å². The van der Waals surface area contributed by atoms with Crippen LogP contribution in [0.2, 0.25) is 10.0 Å². The first-order valence-corrected chi connectivity index (χ1v) is 13.9. The Hall–Kier alpha value is -2.80. The van der Waals surface area contributed by atoms with Crippen LogP contribution in [0, 0.1) is 6.92 Å². The van der Waals surface area contributed by atoms with Gasteiger partial charge in [-0.2, -0.15) is 0 Å². The maximum atomic E-state index is 12.8. The van der Waals surface area contributed by atoms with Gasteiger partial charge in [-0.25, -0.2) is 4.79 Å². The van der Waals surface area contributed by atoms with Gasteiger partial charge in [0.25, 0.3) is 5.91 Å². The molecule has 10 nitrogen and oxygen atoms in total. The lowest BCUT2D eigenvalue weighted by molar-refractivity contribution is -0.113. The summed E-state index contributed by atoms with van der Waals surface area (Å²) in [6.45, 7) is 5.93. The minimum absolute atomic E-state index is 0.0119. The number of benzene rings is 1. The van der Waals surface area contributed by atoms with Crippen molar-refractivity contribution in [2.45, 2.75) is 38.6 Å². The molecule has 3 aromatic rings. The Morgan fingerprint density at radius 1 is 1.24 bits per heavy atom. The predicted molar refractivity (Wildman–Crippen MR) is 149 cm³/mol. The molecule has 0 saturated carbocycles. The number of amides is 2. The number of rotatable bonds is 10. The van der Waals surface area contributed by atoms with E-state index in [1.807, 2.05) is 18.4 Å². The van der Waals surface area contributed by atoms with E-state index in [2.05, 4.69) is 15.5 Å². The van der Waals surface area contributed by atoms with Gasteiger partial charge in [0.15, 0.2) is 17.1 Å². The molecule has 2 amide bonds. The van der Waals surface area contributed by atoms with E-state index in [0.717, 1.165) is 11.3 Å². The number of methoxy groups -OCH3 is 1. The van der Waals surface area contributed by atoms with E-state index in [9.17, 15) is 14.4 Å². The summed E-state index contributed by atoms with van der Waals surface area (Å²) >= 11 is 14.5. The Morgan fingerprint density at radius 2 is 1.95 bits per heavy atom. The number of carbonyl (C=O) groups is 3. The number of nitrogens with zero attached hydrogens (tertiary/aromatic N) is 4. The lowest BCUT2D eigenvalue weighted by atomic mass is 10.1. The van der Waals surface area contributed by atoms with Crippen molar-refractivity contribution in [2.75, 3.05) is 32.3 Å². The van der Waals surface area contributed by atoms with Crippen molar-refractivity contribution in [3.05, 3.63) is 50.1 Å². The molecule has 1 unspecified atom stereocenters. The molecular formula is C24H27Cl2N5O5S2. The summed E-state index contributed by atoms with van der Waals surface area (Å²) in [7, 11) is 4.47. The molecule has 14 heteroatoms. The average molecular weight is 601 g/mol. The van der Waals surface area contributed by atoms with E-state index in [1.165, 1.54) is 23.8 Å². The zero-order valence-electron chi connectivity index (χ0n) is 21.6. The Labute approximate surface area is 238 Å². The van der Waals surface area contributed by atoms with Gasteiger partial charge in [0.05, 0.1) is 28.3 Å². The number of thiophene rings is 1. The Bertz CT molecular complexity index is 1360. The standard InChI is InChI=1S/C24H27Cl2N5O5S2/c1-7-31-20(13(3)36-16-10-14(25)8-9-15(16)26)28-29-24(31)37-11-17(32)27-21-18(23(34)35-6)12(2)19(38-21)22(33)30(4)5/h8-10,13H,7,11H2,1-6H3,(H,27,32). The lowest BCUT2D eigenvalue weighted by Crippen LogP contribution is -2.21. The predicted octanol–water partition coefficient (Wildman–Crippen LogP) is 5.33. The lowest BCUT2D eigenvalue weighted by Gasteiger charge is -2.16. The molecule has 1 N–H and O–H groups in total. The highest BCUT2D eigenvalue weighted by atomic mass is 35.5. The minimum Gasteiger partial charge on any atom is -0.481 e. The molecule has 0 aliphatic rings. The maximum Gasteiger partial charge on any atom is 0.341 e. The highest BCUT2D eigenvalue weighted by Crippen LogP contribution is 2.35. The van der Waals surface area contributed by atoms with Gasteiger partial charge in [-0.15, -0.1) is 21.5 Å². The molecule has 0 aliphatic carbocycles. The van der Waals surface area contributed by atoms with Crippen molar-refractivity contribution in [1.82, 2.24) is 19.7 Å². The van der Waals surface area contributed by atoms with Crippen LogP contribution in [-0.4, -0.2) is 64.4 Å². The van der Waals surface area contributed by atoms with E-state index in [1.54, 1.807) is 39.2 Å². The third-order valence-electron chi connectivity index (χ3n) is 5.34. The van der Waals surface area contributed by atoms with Crippen LogP contribution in [0.5, 0.6) is 5.75 Å². The second-order valence-corrected chi connectivity index (χ2v) is 11.0. The van der Waals surface area contributed by atoms with Crippen molar-refractivity contribution in [2.24, 2.45) is 0 Å². The summed E-state index contributed by atoms with van der Waals surface area (Å²) in [6.07, 6.45) is -0.494. The van der Waals surface area contributed by atoms with E-state index < -0.39 is 12.1 Å². The van der Waals surface area contributed by atoms with Crippen LogP contribution in [0.3, 0.4) is 0 Å². The summed E-state index contributed by atoms with van der Waals surface area (Å²) in [6, 6.07) is 4.94. The fourth-order valence-electron chi connectivity index (χ4n) is 3.46. The number of halogens is 2. The maximum absolute atomic E-state index is 12.8. The zero-order chi connectivity index (χ0) is 28.1. The van der Waals surface area contributed by atoms with E-state index in [-0.39, 0.29) is 28.1 Å². The van der Waals surface area contributed by atoms with Crippen molar-refractivity contribution >= 4 is 69.1 Å². The molecule has 2 aromatic heterocycles. The number of anilines is 1. The van der Waals surface area contributed by atoms with Crippen molar-refractivity contribution < 1.29 is 23.9 Å². The largest absolute Gasteiger partial charge is 0.481 e. The monoisotopic (exact) mass is 599 g/mol. The fourth-order valence-corrected chi connectivity index (χ4v) is 5.83. The molecular weight excluding hydrogens is 573 g/mol. The molecule has 204 valence electrons. The first-order valence-electron chi connectivity index (χ1n) is 11.4. The number of esters is 1. The molecule has 0 spiro atoms. The van der Waals surface area contributed by atoms with Crippen LogP contribution >= 0.6 is 46.3 Å². The molecule has 1 aromatic carbocycles. The molecule has 2 heterocycles. The van der Waals surface area contributed by atoms with E-state index in [0.29, 0.717) is 43.8 Å². The van der Waals surface area contributed by atoms with Gasteiger partial charge >= 0.3 is 5.97 Å². The SMILES string of the molecule is CCn1c(SCC(=O)Nc2sc(C(=O)N(C)C)c(C)c2C(=O)OC)nnc1C(C)Oc1cc(Cl)ccc1Cl. The van der Waals surface area contributed by atoms with E-state index in [4.69, 9.17) is 32.7 Å². The topological polar surface area (TPSA) is 116 Å². The number of ether oxygens (including phenoxy) is 2. The summed E-state index contributed by atoms with van der Waals surface area (Å²) in [4.78, 5) is 39.5. The van der Waals surface area contributed by atoms with Crippen LogP contribution in [0.25, 0.3) is 0 Å². The molecule has 3 rings (SSSR count). The molecule has 38 heavy (non-hydrogen) atoms. The van der Waals surface area contributed by atoms with Gasteiger partial charge in [-0.1, -0.05) is 35.0 Å². The summed E-state index contributed by atoms with van der Waals surface area (Å²) in [5, 5.41) is 12.9. The van der Waals surface area contributed by atoms with Crippen LogP contribution < -0.4 is 10.1 Å². The third-order valence-corrected chi connectivity index (χ3v) is 8.05. The molecule has 0 fully saturated rings. The van der Waals surface area contributed by atoms with E-state index >= 15 is 0 Å². The van der Waals surface area contributed by atoms with Crippen molar-refractivity contribution in [3.8, 4) is 5.75 Å². The second kappa shape index (κ2) is 12.8. The normalized spacial score (nSPS) is 11.7. The molecule has 0 aliphatic heterocycles. The smallest absolute Gasteiger partial charge is 0.341 e. The number of aromatic nitrogens is 3. The van der Waals surface area contributed by atoms with Gasteiger partial charge < -0.3 is 24.3 Å². The minimum atomic E-state index is -0.635. The van der Waals surface area contributed by atoms with Crippen LogP contribution in [0.15, 0.2) is 23.4 Å². The Morgan fingerprint density at radius 3 is 2.58 bits per heavy atom. The van der Waals surface area contributed by atoms with Gasteiger partial charge in [-0.05, 0) is 38.5 Å². The first-order chi connectivity index (χ1) is 18.0. The molecule has 0 saturated heterocycles. The number of nitrogens with one attached hydrogen (secondary N) is 1. The second-order valence-electron chi connectivity index (χ2n) is 8.21. The average Bonchev–Trinajstić information content (AvgIpc) is 3.44. The molecule has 0 bridgehead atoms. The van der Waals surface area contributed by atoms with Crippen molar-refractivity contribution in [3.63, 3.8) is 0 Å². The highest BCUT2D eigenvalue weighted by Gasteiger charge is 2.27. The number of hydrogen-bond donors (Lipinski definition) is 1. The van der Waals surface area contributed by atoms with Gasteiger partial charge in [0.2, 0.25) is 5.91 Å². The number of carbonyl (C=O) groups excluding carboxylic acids is 3. The first kappa shape index (κ1) is 29.8.